The summed E-state index contributed by atoms with van der Waals surface area (Å²) in [5.41, 5.74) is 1.29. The minimum Gasteiger partial charge on any atom is -0.342 e. The van der Waals surface area contributed by atoms with Gasteiger partial charge in [0, 0.05) is 57.5 Å². The van der Waals surface area contributed by atoms with Crippen LogP contribution < -0.4 is 0 Å². The van der Waals surface area contributed by atoms with E-state index >= 15 is 0 Å². The first-order valence-corrected chi connectivity index (χ1v) is 23.2. The van der Waals surface area contributed by atoms with Crippen LogP contribution in [-0.4, -0.2) is 73.2 Å². The molecule has 54 heavy (non-hydrogen) atoms. The quantitative estimate of drug-likeness (QED) is 0.0641. The average Bonchev–Trinajstić information content (AvgIpc) is 3.18. The normalized spacial score (nSPS) is 11.2. The fourth-order valence-corrected chi connectivity index (χ4v) is 7.47. The second-order valence-corrected chi connectivity index (χ2v) is 16.5. The third-order valence-electron chi connectivity index (χ3n) is 11.3. The molecule has 0 unspecified atom stereocenters. The van der Waals surface area contributed by atoms with Gasteiger partial charge in [0.05, 0.1) is 0 Å². The molecule has 3 amide bonds. The Morgan fingerprint density at radius 1 is 0.315 bits per heavy atom. The third-order valence-corrected chi connectivity index (χ3v) is 11.3. The van der Waals surface area contributed by atoms with Gasteiger partial charge in [0.1, 0.15) is 0 Å². The SMILES string of the molecule is CCCCCCCCCCCCN(C)C(=O)c1cc(C(=O)N(C)CCCCCCCCCCCC)cc(C(=O)N(C)CCCCCCCCCCCC)c1. The maximum absolute atomic E-state index is 13.7. The highest BCUT2D eigenvalue weighted by Crippen LogP contribution is 2.19. The summed E-state index contributed by atoms with van der Waals surface area (Å²) in [6, 6.07) is 5.15. The van der Waals surface area contributed by atoms with Crippen molar-refractivity contribution < 1.29 is 14.4 Å². The van der Waals surface area contributed by atoms with Gasteiger partial charge < -0.3 is 14.7 Å². The molecule has 0 saturated heterocycles. The number of benzene rings is 1. The molecule has 0 heterocycles. The summed E-state index contributed by atoms with van der Waals surface area (Å²) in [6.45, 7) is 8.80. The van der Waals surface area contributed by atoms with E-state index < -0.39 is 0 Å². The summed E-state index contributed by atoms with van der Waals surface area (Å²) in [4.78, 5) is 46.5. The Morgan fingerprint density at radius 3 is 0.667 bits per heavy atom. The van der Waals surface area contributed by atoms with E-state index in [1.165, 1.54) is 154 Å². The summed E-state index contributed by atoms with van der Waals surface area (Å²) >= 11 is 0. The number of amides is 3. The van der Waals surface area contributed by atoms with Gasteiger partial charge in [-0.1, -0.05) is 194 Å². The van der Waals surface area contributed by atoms with Crippen molar-refractivity contribution in [2.75, 3.05) is 40.8 Å². The fraction of sp³-hybridized carbons (Fsp3) is 0.812. The minimum absolute atomic E-state index is 0.121. The van der Waals surface area contributed by atoms with Crippen LogP contribution in [0, 0.1) is 0 Å². The highest BCUT2D eigenvalue weighted by Gasteiger charge is 2.22. The van der Waals surface area contributed by atoms with Crippen LogP contribution in [0.3, 0.4) is 0 Å². The molecule has 0 radical (unpaired) electrons. The Labute approximate surface area is 335 Å². The number of rotatable bonds is 36. The summed E-state index contributed by atoms with van der Waals surface area (Å²) in [5.74, 6) is -0.363. The van der Waals surface area contributed by atoms with Crippen LogP contribution >= 0.6 is 0 Å². The zero-order chi connectivity index (χ0) is 39.7. The number of hydrogen-bond acceptors (Lipinski definition) is 3. The van der Waals surface area contributed by atoms with Crippen LogP contribution in [-0.2, 0) is 0 Å². The highest BCUT2D eigenvalue weighted by molar-refractivity contribution is 6.04. The Hall–Kier alpha value is -2.37. The molecule has 0 spiro atoms. The molecular weight excluding hydrogens is 667 g/mol. The van der Waals surface area contributed by atoms with Gasteiger partial charge in [-0.05, 0) is 37.5 Å². The standard InChI is InChI=1S/C48H87N3O3/c1-7-10-13-16-19-22-25-28-31-34-37-49(4)46(52)43-40-44(47(53)50(5)38-35-32-29-26-23-20-17-14-11-8-2)42-45(41-43)48(54)51(6)39-36-33-30-27-24-21-18-15-12-9-3/h40-42H,7-39H2,1-6H3. The van der Waals surface area contributed by atoms with Crippen molar-refractivity contribution in [1.82, 2.24) is 14.7 Å². The Balaban J connectivity index is 2.78. The lowest BCUT2D eigenvalue weighted by Gasteiger charge is -2.22. The van der Waals surface area contributed by atoms with Gasteiger partial charge in [0.2, 0.25) is 0 Å². The van der Waals surface area contributed by atoms with Crippen LogP contribution in [0.2, 0.25) is 0 Å². The van der Waals surface area contributed by atoms with E-state index in [0.717, 1.165) is 38.5 Å². The lowest BCUT2D eigenvalue weighted by Crippen LogP contribution is -2.32. The fourth-order valence-electron chi connectivity index (χ4n) is 7.47. The molecule has 6 nitrogen and oxygen atoms in total. The lowest BCUT2D eigenvalue weighted by molar-refractivity contribution is 0.0789. The first kappa shape index (κ1) is 49.6. The molecule has 1 rings (SSSR count). The molecule has 1 aromatic rings. The van der Waals surface area contributed by atoms with Gasteiger partial charge in [-0.2, -0.15) is 0 Å². The van der Waals surface area contributed by atoms with Gasteiger partial charge in [-0.25, -0.2) is 0 Å². The Kier molecular flexibility index (Phi) is 31.2. The van der Waals surface area contributed by atoms with E-state index in [9.17, 15) is 14.4 Å². The largest absolute Gasteiger partial charge is 0.342 e. The van der Waals surface area contributed by atoms with Crippen LogP contribution in [0.15, 0.2) is 18.2 Å². The Morgan fingerprint density at radius 2 is 0.481 bits per heavy atom. The number of carbonyl (C=O) groups is 3. The number of unbranched alkanes of at least 4 members (excludes halogenated alkanes) is 27. The van der Waals surface area contributed by atoms with Gasteiger partial charge in [-0.15, -0.1) is 0 Å². The van der Waals surface area contributed by atoms with Crippen LogP contribution in [0.5, 0.6) is 0 Å². The topological polar surface area (TPSA) is 60.9 Å². The van der Waals surface area contributed by atoms with Gasteiger partial charge >= 0.3 is 0 Å². The zero-order valence-electron chi connectivity index (χ0n) is 36.6. The predicted octanol–water partition coefficient (Wildman–Crippen LogP) is 13.7. The van der Waals surface area contributed by atoms with Gasteiger partial charge in [-0.3, -0.25) is 14.4 Å². The van der Waals surface area contributed by atoms with Gasteiger partial charge in [0.25, 0.3) is 17.7 Å². The molecule has 0 saturated carbocycles. The van der Waals surface area contributed by atoms with E-state index in [4.69, 9.17) is 0 Å². The molecular formula is C48H87N3O3. The van der Waals surface area contributed by atoms with Crippen molar-refractivity contribution in [3.63, 3.8) is 0 Å². The number of carbonyl (C=O) groups excluding carboxylic acids is 3. The predicted molar refractivity (Wildman–Crippen MR) is 233 cm³/mol. The first-order chi connectivity index (χ1) is 26.3. The molecule has 0 aliphatic carbocycles. The second-order valence-electron chi connectivity index (χ2n) is 16.5. The summed E-state index contributed by atoms with van der Waals surface area (Å²) < 4.78 is 0. The molecule has 6 heteroatoms. The molecule has 312 valence electrons. The molecule has 0 N–H and O–H groups in total. The van der Waals surface area contributed by atoms with Crippen molar-refractivity contribution in [2.45, 2.75) is 213 Å². The summed E-state index contributed by atoms with van der Waals surface area (Å²) in [5, 5.41) is 0. The maximum atomic E-state index is 13.7. The summed E-state index contributed by atoms with van der Waals surface area (Å²) in [7, 11) is 5.54. The molecule has 0 fully saturated rings. The van der Waals surface area contributed by atoms with Gasteiger partial charge in [0.15, 0.2) is 0 Å². The number of hydrogen-bond donors (Lipinski definition) is 0. The molecule has 1 aromatic carbocycles. The molecule has 0 bridgehead atoms. The summed E-state index contributed by atoms with van der Waals surface area (Å²) in [6.07, 6.45) is 37.6. The average molecular weight is 754 g/mol. The van der Waals surface area contributed by atoms with Crippen LogP contribution in [0.4, 0.5) is 0 Å². The van der Waals surface area contributed by atoms with Crippen molar-refractivity contribution >= 4 is 17.7 Å². The minimum atomic E-state index is -0.121. The maximum Gasteiger partial charge on any atom is 0.253 e. The van der Waals surface area contributed by atoms with Crippen LogP contribution in [0.25, 0.3) is 0 Å². The monoisotopic (exact) mass is 754 g/mol. The highest BCUT2D eigenvalue weighted by atomic mass is 16.2. The molecule has 0 aliphatic heterocycles. The van der Waals surface area contributed by atoms with E-state index in [1.807, 2.05) is 21.1 Å². The molecule has 0 atom stereocenters. The van der Waals surface area contributed by atoms with E-state index in [1.54, 1.807) is 32.9 Å². The van der Waals surface area contributed by atoms with Crippen molar-refractivity contribution in [2.24, 2.45) is 0 Å². The second kappa shape index (κ2) is 33.9. The Bertz CT molecular complexity index is 943. The molecule has 0 aromatic heterocycles. The third kappa shape index (κ3) is 24.2. The zero-order valence-corrected chi connectivity index (χ0v) is 36.6. The number of nitrogens with zero attached hydrogens (tertiary/aromatic N) is 3. The van der Waals surface area contributed by atoms with Crippen molar-refractivity contribution in [3.8, 4) is 0 Å². The van der Waals surface area contributed by atoms with Crippen molar-refractivity contribution in [3.05, 3.63) is 34.9 Å². The van der Waals surface area contributed by atoms with E-state index in [-0.39, 0.29) is 17.7 Å². The van der Waals surface area contributed by atoms with Crippen molar-refractivity contribution in [1.29, 1.82) is 0 Å². The smallest absolute Gasteiger partial charge is 0.253 e. The van der Waals surface area contributed by atoms with E-state index in [0.29, 0.717) is 36.3 Å². The molecule has 0 aliphatic rings. The first-order valence-electron chi connectivity index (χ1n) is 23.2. The van der Waals surface area contributed by atoms with Crippen LogP contribution in [0.1, 0.15) is 244 Å². The van der Waals surface area contributed by atoms with E-state index in [2.05, 4.69) is 20.8 Å². The lowest BCUT2D eigenvalue weighted by atomic mass is 10.0.